The first-order valence-electron chi connectivity index (χ1n) is 8.40. The van der Waals surface area contributed by atoms with Crippen molar-refractivity contribution in [2.45, 2.75) is 0 Å². The van der Waals surface area contributed by atoms with E-state index in [4.69, 9.17) is 14.2 Å². The molecule has 2 N–H and O–H groups in total. The molecule has 0 amide bonds. The molecule has 0 aliphatic carbocycles. The van der Waals surface area contributed by atoms with E-state index in [9.17, 15) is 0 Å². The van der Waals surface area contributed by atoms with Crippen LogP contribution in [0, 0.1) is 3.57 Å². The second-order valence-electron chi connectivity index (χ2n) is 6.09. The van der Waals surface area contributed by atoms with E-state index in [1.165, 1.54) is 8.96 Å². The van der Waals surface area contributed by atoms with Gasteiger partial charge in [0.15, 0.2) is 11.5 Å². The number of aromatic nitrogens is 2. The van der Waals surface area contributed by atoms with Crippen molar-refractivity contribution in [3.05, 3.63) is 52.5 Å². The number of aromatic amines is 2. The molecule has 0 radical (unpaired) electrons. The minimum absolute atomic E-state index is 0.586. The zero-order valence-corrected chi connectivity index (χ0v) is 17.4. The SMILES string of the molecule is COc1cc(-c2c[nH]cc2-c2c[nH]c3ccc(I)cc23)cc(OC)c1OC. The Morgan fingerprint density at radius 2 is 1.48 bits per heavy atom. The van der Waals surface area contributed by atoms with Gasteiger partial charge >= 0.3 is 0 Å². The van der Waals surface area contributed by atoms with Gasteiger partial charge in [0.05, 0.1) is 21.3 Å². The molecule has 0 fully saturated rings. The quantitative estimate of drug-likeness (QED) is 0.378. The van der Waals surface area contributed by atoms with E-state index in [1.54, 1.807) is 21.3 Å². The van der Waals surface area contributed by atoms with Crippen molar-refractivity contribution in [2.75, 3.05) is 21.3 Å². The summed E-state index contributed by atoms with van der Waals surface area (Å²) in [5, 5.41) is 1.19. The van der Waals surface area contributed by atoms with Gasteiger partial charge < -0.3 is 24.2 Å². The van der Waals surface area contributed by atoms with E-state index < -0.39 is 0 Å². The first-order valence-corrected chi connectivity index (χ1v) is 9.48. The summed E-state index contributed by atoms with van der Waals surface area (Å²) >= 11 is 2.34. The standard InChI is InChI=1S/C21H19IN2O3/c1-25-19-6-12(7-20(26-2)21(19)27-3)15-9-23-10-16(15)17-11-24-18-5-4-13(22)8-14(17)18/h4-11,23-24H,1-3H3. The van der Waals surface area contributed by atoms with Gasteiger partial charge in [-0.1, -0.05) is 0 Å². The van der Waals surface area contributed by atoms with E-state index in [0.717, 1.165) is 27.8 Å². The van der Waals surface area contributed by atoms with E-state index in [-0.39, 0.29) is 0 Å². The van der Waals surface area contributed by atoms with Gasteiger partial charge in [0, 0.05) is 49.8 Å². The fourth-order valence-electron chi connectivity index (χ4n) is 3.38. The van der Waals surface area contributed by atoms with Crippen molar-refractivity contribution >= 4 is 33.5 Å². The van der Waals surface area contributed by atoms with Crippen molar-refractivity contribution in [1.82, 2.24) is 9.97 Å². The van der Waals surface area contributed by atoms with E-state index in [1.807, 2.05) is 30.7 Å². The Bertz CT molecular complexity index is 1090. The van der Waals surface area contributed by atoms with Gasteiger partial charge in [-0.25, -0.2) is 0 Å². The molecule has 6 heteroatoms. The van der Waals surface area contributed by atoms with Crippen LogP contribution in [0.5, 0.6) is 17.2 Å². The van der Waals surface area contributed by atoms with Gasteiger partial charge in [0.1, 0.15) is 0 Å². The summed E-state index contributed by atoms with van der Waals surface area (Å²) in [6, 6.07) is 10.3. The third-order valence-corrected chi connectivity index (χ3v) is 5.33. The molecule has 0 aliphatic heterocycles. The monoisotopic (exact) mass is 474 g/mol. The molecular formula is C21H19IN2O3. The molecule has 0 saturated heterocycles. The average molecular weight is 474 g/mol. The summed E-state index contributed by atoms with van der Waals surface area (Å²) in [4.78, 5) is 6.60. The third kappa shape index (κ3) is 3.03. The van der Waals surface area contributed by atoms with Crippen LogP contribution >= 0.6 is 22.6 Å². The highest BCUT2D eigenvalue weighted by Gasteiger charge is 2.18. The zero-order chi connectivity index (χ0) is 19.0. The molecule has 2 aromatic carbocycles. The van der Waals surface area contributed by atoms with Crippen LogP contribution in [0.3, 0.4) is 0 Å². The minimum atomic E-state index is 0.586. The lowest BCUT2D eigenvalue weighted by atomic mass is 9.98. The molecule has 2 aromatic heterocycles. The molecule has 0 unspecified atom stereocenters. The van der Waals surface area contributed by atoms with Gasteiger partial charge in [0.25, 0.3) is 0 Å². The summed E-state index contributed by atoms with van der Waals surface area (Å²) in [5.41, 5.74) is 5.42. The lowest BCUT2D eigenvalue weighted by Crippen LogP contribution is -1.95. The van der Waals surface area contributed by atoms with E-state index >= 15 is 0 Å². The Morgan fingerprint density at radius 3 is 2.15 bits per heavy atom. The third-order valence-electron chi connectivity index (χ3n) is 4.66. The molecular weight excluding hydrogens is 455 g/mol. The van der Waals surface area contributed by atoms with Crippen LogP contribution in [0.15, 0.2) is 48.9 Å². The predicted molar refractivity (Wildman–Crippen MR) is 116 cm³/mol. The van der Waals surface area contributed by atoms with Crippen LogP contribution in [0.25, 0.3) is 33.2 Å². The molecule has 5 nitrogen and oxygen atoms in total. The summed E-state index contributed by atoms with van der Waals surface area (Å²) < 4.78 is 17.7. The fourth-order valence-corrected chi connectivity index (χ4v) is 3.87. The van der Waals surface area contributed by atoms with Gasteiger partial charge in [-0.3, -0.25) is 0 Å². The summed E-state index contributed by atoms with van der Waals surface area (Å²) in [7, 11) is 4.86. The lowest BCUT2D eigenvalue weighted by molar-refractivity contribution is 0.324. The Hall–Kier alpha value is -2.61. The Kier molecular flexibility index (Phi) is 4.73. The number of hydrogen-bond donors (Lipinski definition) is 2. The number of H-pyrrole nitrogens is 2. The van der Waals surface area contributed by atoms with Crippen LogP contribution < -0.4 is 14.2 Å². The first-order chi connectivity index (χ1) is 13.2. The molecule has 2 heterocycles. The molecule has 4 rings (SSSR count). The number of ether oxygens (including phenoxy) is 3. The number of fused-ring (bicyclic) bond motifs is 1. The topological polar surface area (TPSA) is 59.3 Å². The highest BCUT2D eigenvalue weighted by Crippen LogP contribution is 2.44. The van der Waals surface area contributed by atoms with Crippen molar-refractivity contribution in [2.24, 2.45) is 0 Å². The molecule has 0 saturated carbocycles. The molecule has 0 spiro atoms. The van der Waals surface area contributed by atoms with Crippen LogP contribution in [0.2, 0.25) is 0 Å². The maximum Gasteiger partial charge on any atom is 0.203 e. The van der Waals surface area contributed by atoms with Gasteiger partial charge in [-0.05, 0) is 58.5 Å². The molecule has 0 aliphatic rings. The zero-order valence-electron chi connectivity index (χ0n) is 15.2. The second-order valence-corrected chi connectivity index (χ2v) is 7.33. The van der Waals surface area contributed by atoms with E-state index in [2.05, 4.69) is 50.8 Å². The number of rotatable bonds is 5. The molecule has 27 heavy (non-hydrogen) atoms. The number of methoxy groups -OCH3 is 3. The van der Waals surface area contributed by atoms with Crippen molar-refractivity contribution in [1.29, 1.82) is 0 Å². The lowest BCUT2D eigenvalue weighted by Gasteiger charge is -2.14. The number of benzene rings is 2. The maximum atomic E-state index is 5.51. The summed E-state index contributed by atoms with van der Waals surface area (Å²) in [5.74, 6) is 1.85. The molecule has 0 atom stereocenters. The molecule has 138 valence electrons. The minimum Gasteiger partial charge on any atom is -0.493 e. The van der Waals surface area contributed by atoms with Crippen LogP contribution in [0.1, 0.15) is 0 Å². The highest BCUT2D eigenvalue weighted by molar-refractivity contribution is 14.1. The van der Waals surface area contributed by atoms with Crippen LogP contribution in [0.4, 0.5) is 0 Å². The van der Waals surface area contributed by atoms with Gasteiger partial charge in [-0.2, -0.15) is 0 Å². The first kappa shape index (κ1) is 17.8. The molecule has 4 aromatic rings. The molecule has 0 bridgehead atoms. The normalized spacial score (nSPS) is 11.0. The maximum absolute atomic E-state index is 5.51. The highest BCUT2D eigenvalue weighted by atomic mass is 127. The Balaban J connectivity index is 1.91. The second kappa shape index (κ2) is 7.19. The fraction of sp³-hybridized carbons (Fsp3) is 0.143. The van der Waals surface area contributed by atoms with E-state index in [0.29, 0.717) is 17.2 Å². The average Bonchev–Trinajstić information content (AvgIpc) is 3.32. The number of halogens is 1. The van der Waals surface area contributed by atoms with Gasteiger partial charge in [0.2, 0.25) is 5.75 Å². The largest absolute Gasteiger partial charge is 0.493 e. The smallest absolute Gasteiger partial charge is 0.203 e. The van der Waals surface area contributed by atoms with Crippen molar-refractivity contribution in [3.8, 4) is 39.5 Å². The van der Waals surface area contributed by atoms with Crippen LogP contribution in [-0.2, 0) is 0 Å². The number of hydrogen-bond acceptors (Lipinski definition) is 3. The predicted octanol–water partition coefficient (Wildman–Crippen LogP) is 5.46. The Morgan fingerprint density at radius 1 is 0.778 bits per heavy atom. The van der Waals surface area contributed by atoms with Crippen molar-refractivity contribution in [3.63, 3.8) is 0 Å². The van der Waals surface area contributed by atoms with Crippen molar-refractivity contribution < 1.29 is 14.2 Å². The van der Waals surface area contributed by atoms with Gasteiger partial charge in [-0.15, -0.1) is 0 Å². The number of nitrogens with one attached hydrogen (secondary N) is 2. The Labute approximate surface area is 170 Å². The summed E-state index contributed by atoms with van der Waals surface area (Å²) in [6.07, 6.45) is 6.05. The summed E-state index contributed by atoms with van der Waals surface area (Å²) in [6.45, 7) is 0. The van der Waals surface area contributed by atoms with Crippen LogP contribution in [-0.4, -0.2) is 31.3 Å².